The predicted molar refractivity (Wildman–Crippen MR) is 105 cm³/mol. The van der Waals surface area contributed by atoms with E-state index in [0.29, 0.717) is 12.8 Å². The van der Waals surface area contributed by atoms with Crippen molar-refractivity contribution in [2.75, 3.05) is 18.4 Å². The topological polar surface area (TPSA) is 113 Å². The normalized spacial score (nSPS) is 19.3. The number of carbonyl (C=O) groups excluding carboxylic acids is 3. The minimum absolute atomic E-state index is 0.0360. The van der Waals surface area contributed by atoms with Gasteiger partial charge in [-0.3, -0.25) is 19.7 Å². The highest BCUT2D eigenvalue weighted by Crippen LogP contribution is 2.28. The third-order valence-electron chi connectivity index (χ3n) is 5.23. The van der Waals surface area contributed by atoms with Crippen LogP contribution in [0.5, 0.6) is 0 Å². The fraction of sp³-hybridized carbons (Fsp3) is 0.250. The molecular weight excluding hydrogens is 413 g/mol. The second kappa shape index (κ2) is 7.62. The highest BCUT2D eigenvalue weighted by Gasteiger charge is 2.35. The number of benzene rings is 2. The molecule has 8 nitrogen and oxygen atoms in total. The Hall–Kier alpha value is -3.11. The number of hydrogen-bond donors (Lipinski definition) is 2. The molecule has 0 radical (unpaired) electrons. The molecule has 2 aliphatic heterocycles. The van der Waals surface area contributed by atoms with Crippen molar-refractivity contribution in [3.63, 3.8) is 0 Å². The van der Waals surface area contributed by atoms with Gasteiger partial charge in [-0.05, 0) is 49.2 Å². The second-order valence-corrected chi connectivity index (χ2v) is 9.09. The monoisotopic (exact) mass is 431 g/mol. The zero-order chi connectivity index (χ0) is 21.5. The highest BCUT2D eigenvalue weighted by atomic mass is 32.2. The molecular formula is C20H18FN3O5S. The molecule has 2 heterocycles. The largest absolute Gasteiger partial charge is 0.325 e. The van der Waals surface area contributed by atoms with Crippen molar-refractivity contribution in [1.29, 1.82) is 0 Å². The minimum Gasteiger partial charge on any atom is -0.325 e. The molecule has 1 fully saturated rings. The highest BCUT2D eigenvalue weighted by molar-refractivity contribution is 7.89. The number of hydrogen-bond acceptors (Lipinski definition) is 5. The first-order valence-electron chi connectivity index (χ1n) is 9.32. The molecule has 1 atom stereocenters. The van der Waals surface area contributed by atoms with Crippen molar-refractivity contribution in [2.45, 2.75) is 17.7 Å². The van der Waals surface area contributed by atoms with E-state index >= 15 is 0 Å². The number of rotatable bonds is 4. The number of amides is 3. The maximum atomic E-state index is 13.1. The number of halogens is 1. The van der Waals surface area contributed by atoms with Crippen molar-refractivity contribution < 1.29 is 27.2 Å². The molecule has 2 aliphatic rings. The Bertz CT molecular complexity index is 1150. The van der Waals surface area contributed by atoms with Gasteiger partial charge in [0.15, 0.2) is 0 Å². The van der Waals surface area contributed by atoms with Gasteiger partial charge < -0.3 is 5.32 Å². The Morgan fingerprint density at radius 1 is 1.10 bits per heavy atom. The second-order valence-electron chi connectivity index (χ2n) is 7.16. The predicted octanol–water partition coefficient (Wildman–Crippen LogP) is 1.75. The lowest BCUT2D eigenvalue weighted by Crippen LogP contribution is -2.43. The van der Waals surface area contributed by atoms with Gasteiger partial charge >= 0.3 is 0 Å². The number of sulfonamides is 1. The van der Waals surface area contributed by atoms with Crippen molar-refractivity contribution in [3.8, 4) is 0 Å². The van der Waals surface area contributed by atoms with Crippen LogP contribution in [0.3, 0.4) is 0 Å². The summed E-state index contributed by atoms with van der Waals surface area (Å²) in [5.41, 5.74) is 0.490. The summed E-state index contributed by atoms with van der Waals surface area (Å²) in [6.45, 7) is 0.215. The molecule has 30 heavy (non-hydrogen) atoms. The first kappa shape index (κ1) is 20.2. The minimum atomic E-state index is -3.87. The number of imide groups is 1. The summed E-state index contributed by atoms with van der Waals surface area (Å²) in [5, 5.41) is 4.84. The molecule has 2 aromatic carbocycles. The van der Waals surface area contributed by atoms with Crippen LogP contribution in [0.4, 0.5) is 10.1 Å². The summed E-state index contributed by atoms with van der Waals surface area (Å²) < 4.78 is 40.0. The van der Waals surface area contributed by atoms with E-state index in [1.54, 1.807) is 6.07 Å². The van der Waals surface area contributed by atoms with Gasteiger partial charge in [0.1, 0.15) is 5.82 Å². The van der Waals surface area contributed by atoms with Gasteiger partial charge in [0, 0.05) is 13.1 Å². The Morgan fingerprint density at radius 3 is 2.57 bits per heavy atom. The van der Waals surface area contributed by atoms with Crippen molar-refractivity contribution >= 4 is 33.4 Å². The Kier molecular flexibility index (Phi) is 5.12. The van der Waals surface area contributed by atoms with Gasteiger partial charge in [0.25, 0.3) is 11.8 Å². The molecule has 0 saturated carbocycles. The number of piperidine rings is 1. The van der Waals surface area contributed by atoms with Crippen LogP contribution in [0.1, 0.15) is 33.6 Å². The maximum absolute atomic E-state index is 13.1. The van der Waals surface area contributed by atoms with Crippen molar-refractivity contribution in [2.24, 2.45) is 5.92 Å². The summed E-state index contributed by atoms with van der Waals surface area (Å²) in [5.74, 6) is -2.72. The summed E-state index contributed by atoms with van der Waals surface area (Å²) in [7, 11) is -3.87. The van der Waals surface area contributed by atoms with E-state index in [0.717, 1.165) is 12.1 Å². The Labute approximate surface area is 172 Å². The van der Waals surface area contributed by atoms with Gasteiger partial charge in [0.2, 0.25) is 15.9 Å². The van der Waals surface area contributed by atoms with E-state index in [2.05, 4.69) is 10.6 Å². The standard InChI is InChI=1S/C20H18FN3O5S/c21-13-6-8-14(9-7-13)30(28,29)24-10-2-3-12(11-24)18(25)22-16-5-1-4-15-17(16)20(27)23-19(15)26/h1,4-9,12H,2-3,10-11H2,(H,22,25)(H,23,26,27). The lowest BCUT2D eigenvalue weighted by atomic mass is 9.98. The fourth-order valence-electron chi connectivity index (χ4n) is 3.69. The van der Waals surface area contributed by atoms with E-state index in [1.807, 2.05) is 0 Å². The van der Waals surface area contributed by atoms with E-state index in [4.69, 9.17) is 0 Å². The molecule has 3 amide bonds. The molecule has 1 unspecified atom stereocenters. The lowest BCUT2D eigenvalue weighted by molar-refractivity contribution is -0.120. The van der Waals surface area contributed by atoms with E-state index in [9.17, 15) is 27.2 Å². The Morgan fingerprint density at radius 2 is 1.83 bits per heavy atom. The molecule has 10 heteroatoms. The van der Waals surface area contributed by atoms with Crippen LogP contribution in [-0.2, 0) is 14.8 Å². The average molecular weight is 431 g/mol. The molecule has 156 valence electrons. The third-order valence-corrected chi connectivity index (χ3v) is 7.11. The van der Waals surface area contributed by atoms with Gasteiger partial charge in [-0.25, -0.2) is 12.8 Å². The zero-order valence-electron chi connectivity index (χ0n) is 15.7. The van der Waals surface area contributed by atoms with Gasteiger partial charge in [-0.15, -0.1) is 0 Å². The first-order chi connectivity index (χ1) is 14.3. The van der Waals surface area contributed by atoms with Crippen LogP contribution in [-0.4, -0.2) is 43.5 Å². The number of anilines is 1. The molecule has 0 aliphatic carbocycles. The van der Waals surface area contributed by atoms with Crippen LogP contribution in [0.25, 0.3) is 0 Å². The average Bonchev–Trinajstić information content (AvgIpc) is 3.03. The number of carbonyl (C=O) groups is 3. The van der Waals surface area contributed by atoms with E-state index in [1.165, 1.54) is 28.6 Å². The van der Waals surface area contributed by atoms with Gasteiger partial charge in [-0.2, -0.15) is 4.31 Å². The molecule has 2 N–H and O–H groups in total. The zero-order valence-corrected chi connectivity index (χ0v) is 16.5. The van der Waals surface area contributed by atoms with Crippen LogP contribution in [0, 0.1) is 11.7 Å². The first-order valence-corrected chi connectivity index (χ1v) is 10.8. The quantitative estimate of drug-likeness (QED) is 0.717. The van der Waals surface area contributed by atoms with Crippen LogP contribution in [0.2, 0.25) is 0 Å². The maximum Gasteiger partial charge on any atom is 0.261 e. The van der Waals surface area contributed by atoms with Gasteiger partial charge in [0.05, 0.1) is 27.6 Å². The summed E-state index contributed by atoms with van der Waals surface area (Å²) in [4.78, 5) is 36.6. The smallest absolute Gasteiger partial charge is 0.261 e. The molecule has 0 bridgehead atoms. The van der Waals surface area contributed by atoms with E-state index in [-0.39, 0.29) is 34.8 Å². The Balaban J connectivity index is 1.52. The number of fused-ring (bicyclic) bond motifs is 1. The van der Waals surface area contributed by atoms with Crippen LogP contribution >= 0.6 is 0 Å². The molecule has 1 saturated heterocycles. The summed E-state index contributed by atoms with van der Waals surface area (Å²) >= 11 is 0. The van der Waals surface area contributed by atoms with Crippen LogP contribution < -0.4 is 10.6 Å². The molecule has 2 aromatic rings. The molecule has 0 aromatic heterocycles. The van der Waals surface area contributed by atoms with Gasteiger partial charge in [-0.1, -0.05) is 6.07 Å². The SMILES string of the molecule is O=C1NC(=O)c2c(NC(=O)C3CCCN(S(=O)(=O)c4ccc(F)cc4)C3)cccc21. The van der Waals surface area contributed by atoms with Crippen molar-refractivity contribution in [3.05, 3.63) is 59.4 Å². The van der Waals surface area contributed by atoms with E-state index < -0.39 is 39.5 Å². The number of nitrogens with one attached hydrogen (secondary N) is 2. The van der Waals surface area contributed by atoms with Crippen molar-refractivity contribution in [1.82, 2.24) is 9.62 Å². The number of nitrogens with zero attached hydrogens (tertiary/aromatic N) is 1. The molecule has 4 rings (SSSR count). The lowest BCUT2D eigenvalue weighted by Gasteiger charge is -2.31. The molecule has 0 spiro atoms. The third kappa shape index (κ3) is 3.59. The fourth-order valence-corrected chi connectivity index (χ4v) is 5.21. The summed E-state index contributed by atoms with van der Waals surface area (Å²) in [6, 6.07) is 9.09. The van der Waals surface area contributed by atoms with Crippen LogP contribution in [0.15, 0.2) is 47.4 Å². The summed E-state index contributed by atoms with van der Waals surface area (Å²) in [6.07, 6.45) is 0.950.